The number of hydrogen-bond donors (Lipinski definition) is 2. The van der Waals surface area contributed by atoms with Crippen LogP contribution in [-0.2, 0) is 14.8 Å². The highest BCUT2D eigenvalue weighted by molar-refractivity contribution is 7.89. The van der Waals surface area contributed by atoms with Crippen molar-refractivity contribution in [1.82, 2.24) is 4.72 Å². The first-order valence-corrected chi connectivity index (χ1v) is 6.35. The van der Waals surface area contributed by atoms with Gasteiger partial charge in [-0.05, 0) is 12.8 Å². The van der Waals surface area contributed by atoms with Gasteiger partial charge in [-0.3, -0.25) is 4.79 Å². The molecule has 0 heterocycles. The van der Waals surface area contributed by atoms with E-state index in [1.165, 1.54) is 0 Å². The number of carboxylic acids is 1. The predicted octanol–water partition coefficient (Wildman–Crippen LogP) is 0.773. The van der Waals surface area contributed by atoms with Gasteiger partial charge in [0.05, 0.1) is 5.41 Å². The molecule has 1 aliphatic carbocycles. The standard InChI is InChI=1S/C8H13F2NO4S/c9-7(10)16(14,15)11-5-8(6(12)13)3-1-2-4-8/h7,11H,1-5H2,(H,12,13). The van der Waals surface area contributed by atoms with Crippen LogP contribution in [0.4, 0.5) is 8.78 Å². The van der Waals surface area contributed by atoms with Crippen LogP contribution in [0.25, 0.3) is 0 Å². The maximum absolute atomic E-state index is 12.0. The number of carbonyl (C=O) groups is 1. The Morgan fingerprint density at radius 1 is 1.38 bits per heavy atom. The summed E-state index contributed by atoms with van der Waals surface area (Å²) in [5.74, 6) is -4.67. The van der Waals surface area contributed by atoms with Gasteiger partial charge >= 0.3 is 11.7 Å². The van der Waals surface area contributed by atoms with E-state index in [-0.39, 0.29) is 0 Å². The van der Waals surface area contributed by atoms with E-state index in [4.69, 9.17) is 5.11 Å². The van der Waals surface area contributed by atoms with Gasteiger partial charge in [-0.25, -0.2) is 13.1 Å². The lowest BCUT2D eigenvalue weighted by Gasteiger charge is -2.23. The summed E-state index contributed by atoms with van der Waals surface area (Å²) >= 11 is 0. The molecule has 1 aliphatic rings. The second-order valence-electron chi connectivity index (χ2n) is 3.92. The summed E-state index contributed by atoms with van der Waals surface area (Å²) in [4.78, 5) is 11.0. The highest BCUT2D eigenvalue weighted by Gasteiger charge is 2.42. The molecule has 1 fully saturated rings. The number of halogens is 2. The van der Waals surface area contributed by atoms with Crippen molar-refractivity contribution in [2.24, 2.45) is 5.41 Å². The zero-order valence-electron chi connectivity index (χ0n) is 8.45. The Labute approximate surface area is 91.9 Å². The van der Waals surface area contributed by atoms with Crippen LogP contribution in [0.3, 0.4) is 0 Å². The molecule has 1 rings (SSSR count). The summed E-state index contributed by atoms with van der Waals surface area (Å²) in [6.45, 7) is -0.463. The minimum absolute atomic E-state index is 0.314. The third-order valence-corrected chi connectivity index (χ3v) is 3.88. The van der Waals surface area contributed by atoms with Crippen LogP contribution in [0.1, 0.15) is 25.7 Å². The highest BCUT2D eigenvalue weighted by Crippen LogP contribution is 2.37. The van der Waals surface area contributed by atoms with Gasteiger partial charge in [-0.15, -0.1) is 0 Å². The van der Waals surface area contributed by atoms with Crippen molar-refractivity contribution in [3.63, 3.8) is 0 Å². The molecule has 0 aliphatic heterocycles. The number of sulfonamides is 1. The summed E-state index contributed by atoms with van der Waals surface area (Å²) in [5, 5.41) is 8.98. The summed E-state index contributed by atoms with van der Waals surface area (Å²) in [6.07, 6.45) is 1.97. The van der Waals surface area contributed by atoms with Crippen LogP contribution in [-0.4, -0.2) is 31.8 Å². The van der Waals surface area contributed by atoms with Gasteiger partial charge < -0.3 is 5.11 Å². The van der Waals surface area contributed by atoms with E-state index in [9.17, 15) is 22.0 Å². The van der Waals surface area contributed by atoms with E-state index in [0.29, 0.717) is 25.7 Å². The van der Waals surface area contributed by atoms with Gasteiger partial charge in [-0.1, -0.05) is 12.8 Å². The molecule has 16 heavy (non-hydrogen) atoms. The Bertz CT molecular complexity index is 362. The average molecular weight is 257 g/mol. The normalized spacial score (nSPS) is 20.2. The van der Waals surface area contributed by atoms with Crippen LogP contribution in [0.2, 0.25) is 0 Å². The molecular formula is C8H13F2NO4S. The van der Waals surface area contributed by atoms with Gasteiger partial charge in [0, 0.05) is 6.54 Å². The molecule has 5 nitrogen and oxygen atoms in total. The number of alkyl halides is 2. The van der Waals surface area contributed by atoms with Crippen molar-refractivity contribution in [3.05, 3.63) is 0 Å². The molecule has 0 bridgehead atoms. The molecule has 0 atom stereocenters. The lowest BCUT2D eigenvalue weighted by molar-refractivity contribution is -0.148. The van der Waals surface area contributed by atoms with Gasteiger partial charge in [-0.2, -0.15) is 8.78 Å². The summed E-state index contributed by atoms with van der Waals surface area (Å²) < 4.78 is 47.3. The Hall–Kier alpha value is -0.760. The summed E-state index contributed by atoms with van der Waals surface area (Å²) in [7, 11) is -4.70. The molecule has 2 N–H and O–H groups in total. The van der Waals surface area contributed by atoms with Gasteiger partial charge in [0.25, 0.3) is 10.0 Å². The fraction of sp³-hybridized carbons (Fsp3) is 0.875. The van der Waals surface area contributed by atoms with E-state index in [0.717, 1.165) is 0 Å². The maximum atomic E-state index is 12.0. The second-order valence-corrected chi connectivity index (χ2v) is 5.65. The highest BCUT2D eigenvalue weighted by atomic mass is 32.2. The van der Waals surface area contributed by atoms with Crippen molar-refractivity contribution in [2.75, 3.05) is 6.54 Å². The van der Waals surface area contributed by atoms with E-state index < -0.39 is 33.7 Å². The van der Waals surface area contributed by atoms with E-state index in [1.807, 2.05) is 0 Å². The number of carboxylic acid groups (broad SMARTS) is 1. The summed E-state index contributed by atoms with van der Waals surface area (Å²) in [5.41, 5.74) is -1.22. The Kier molecular flexibility index (Phi) is 3.84. The van der Waals surface area contributed by atoms with Gasteiger partial charge in [0.1, 0.15) is 0 Å². The van der Waals surface area contributed by atoms with Gasteiger partial charge in [0.15, 0.2) is 0 Å². The van der Waals surface area contributed by atoms with Gasteiger partial charge in [0.2, 0.25) is 0 Å². The van der Waals surface area contributed by atoms with E-state index in [2.05, 4.69) is 0 Å². The first kappa shape index (κ1) is 13.3. The fourth-order valence-corrected chi connectivity index (χ4v) is 2.42. The SMILES string of the molecule is O=C(O)C1(CNS(=O)(=O)C(F)F)CCCC1. The molecule has 0 spiro atoms. The van der Waals surface area contributed by atoms with Crippen LogP contribution >= 0.6 is 0 Å². The Balaban J connectivity index is 2.69. The molecule has 8 heteroatoms. The molecule has 0 radical (unpaired) electrons. The van der Waals surface area contributed by atoms with E-state index in [1.54, 1.807) is 4.72 Å². The van der Waals surface area contributed by atoms with Crippen LogP contribution in [0.5, 0.6) is 0 Å². The quantitative estimate of drug-likeness (QED) is 0.762. The largest absolute Gasteiger partial charge is 0.481 e. The molecule has 0 amide bonds. The number of rotatable bonds is 5. The molecule has 0 aromatic carbocycles. The van der Waals surface area contributed by atoms with E-state index >= 15 is 0 Å². The average Bonchev–Trinajstić information content (AvgIpc) is 2.64. The van der Waals surface area contributed by atoms with Crippen LogP contribution in [0, 0.1) is 5.41 Å². The van der Waals surface area contributed by atoms with Crippen molar-refractivity contribution in [2.45, 2.75) is 31.4 Å². The predicted molar refractivity (Wildman–Crippen MR) is 51.5 cm³/mol. The smallest absolute Gasteiger partial charge is 0.350 e. The maximum Gasteiger partial charge on any atom is 0.350 e. The molecule has 0 saturated heterocycles. The van der Waals surface area contributed by atoms with Crippen molar-refractivity contribution in [1.29, 1.82) is 0 Å². The minimum atomic E-state index is -4.70. The lowest BCUT2D eigenvalue weighted by Crippen LogP contribution is -2.42. The summed E-state index contributed by atoms with van der Waals surface area (Å²) in [6, 6.07) is 0. The third kappa shape index (κ3) is 2.67. The van der Waals surface area contributed by atoms with Crippen LogP contribution < -0.4 is 4.72 Å². The van der Waals surface area contributed by atoms with Crippen molar-refractivity contribution < 1.29 is 27.1 Å². The first-order chi connectivity index (χ1) is 7.30. The molecule has 0 unspecified atom stereocenters. The Morgan fingerprint density at radius 3 is 2.25 bits per heavy atom. The Morgan fingerprint density at radius 2 is 1.88 bits per heavy atom. The lowest BCUT2D eigenvalue weighted by atomic mass is 9.87. The van der Waals surface area contributed by atoms with Crippen LogP contribution in [0.15, 0.2) is 0 Å². The third-order valence-electron chi connectivity index (χ3n) is 2.86. The topological polar surface area (TPSA) is 83.5 Å². The second kappa shape index (κ2) is 4.62. The monoisotopic (exact) mass is 257 g/mol. The first-order valence-electron chi connectivity index (χ1n) is 4.80. The molecule has 94 valence electrons. The minimum Gasteiger partial charge on any atom is -0.481 e. The molecule has 0 aromatic heterocycles. The number of aliphatic carboxylic acids is 1. The number of hydrogen-bond acceptors (Lipinski definition) is 3. The molecular weight excluding hydrogens is 244 g/mol. The fourth-order valence-electron chi connectivity index (χ4n) is 1.82. The van der Waals surface area contributed by atoms with Crippen molar-refractivity contribution >= 4 is 16.0 Å². The van der Waals surface area contributed by atoms with Crippen molar-refractivity contribution in [3.8, 4) is 0 Å². The molecule has 1 saturated carbocycles. The zero-order chi connectivity index (χ0) is 12.4. The molecule has 0 aromatic rings. The zero-order valence-corrected chi connectivity index (χ0v) is 9.27. The number of nitrogens with one attached hydrogen (secondary N) is 1.